The van der Waals surface area contributed by atoms with Crippen LogP contribution in [0, 0.1) is 0 Å². The molecular formula is C17H16N4O2. The van der Waals surface area contributed by atoms with Crippen LogP contribution in [-0.2, 0) is 4.74 Å². The molecule has 3 heterocycles. The van der Waals surface area contributed by atoms with Crippen LogP contribution in [0.1, 0.15) is 35.1 Å². The molecule has 1 aliphatic rings. The van der Waals surface area contributed by atoms with Gasteiger partial charge in [-0.3, -0.25) is 9.78 Å². The van der Waals surface area contributed by atoms with Crippen molar-refractivity contribution in [2.45, 2.75) is 18.9 Å². The van der Waals surface area contributed by atoms with E-state index in [2.05, 4.69) is 20.3 Å². The molecule has 4 rings (SSSR count). The quantitative estimate of drug-likeness (QED) is 0.779. The largest absolute Gasteiger partial charge is 0.370 e. The molecule has 1 fully saturated rings. The lowest BCUT2D eigenvalue weighted by Crippen LogP contribution is -2.11. The van der Waals surface area contributed by atoms with Crippen molar-refractivity contribution < 1.29 is 9.53 Å². The number of pyridine rings is 1. The summed E-state index contributed by atoms with van der Waals surface area (Å²) in [6, 6.07) is 8.99. The summed E-state index contributed by atoms with van der Waals surface area (Å²) in [5.74, 6) is 0.695. The monoisotopic (exact) mass is 308 g/mol. The third-order valence-electron chi connectivity index (χ3n) is 3.94. The third kappa shape index (κ3) is 2.80. The Morgan fingerprint density at radius 3 is 2.91 bits per heavy atom. The van der Waals surface area contributed by atoms with E-state index in [0.717, 1.165) is 42.0 Å². The number of aromatic nitrogens is 3. The van der Waals surface area contributed by atoms with Crippen LogP contribution in [-0.4, -0.2) is 27.5 Å². The topological polar surface area (TPSA) is 79.9 Å². The van der Waals surface area contributed by atoms with Crippen LogP contribution in [0.3, 0.4) is 0 Å². The SMILES string of the molecule is O=C(Nc1ccc2nc(C3CCCO3)[nH]c2c1)c1ccncc1. The Hall–Kier alpha value is -2.73. The zero-order valence-corrected chi connectivity index (χ0v) is 12.5. The van der Waals surface area contributed by atoms with Crippen molar-refractivity contribution in [3.63, 3.8) is 0 Å². The number of nitrogens with zero attached hydrogens (tertiary/aromatic N) is 2. The van der Waals surface area contributed by atoms with E-state index in [1.54, 1.807) is 24.5 Å². The van der Waals surface area contributed by atoms with Gasteiger partial charge in [-0.05, 0) is 43.2 Å². The number of ether oxygens (including phenoxy) is 1. The van der Waals surface area contributed by atoms with E-state index in [0.29, 0.717) is 5.56 Å². The molecule has 116 valence electrons. The van der Waals surface area contributed by atoms with Crippen LogP contribution in [0.2, 0.25) is 0 Å². The summed E-state index contributed by atoms with van der Waals surface area (Å²) >= 11 is 0. The van der Waals surface area contributed by atoms with Crippen LogP contribution >= 0.6 is 0 Å². The maximum atomic E-state index is 12.2. The maximum Gasteiger partial charge on any atom is 0.255 e. The molecule has 0 bridgehead atoms. The van der Waals surface area contributed by atoms with E-state index in [1.165, 1.54) is 0 Å². The fourth-order valence-electron chi connectivity index (χ4n) is 2.76. The van der Waals surface area contributed by atoms with Crippen molar-refractivity contribution in [1.82, 2.24) is 15.0 Å². The van der Waals surface area contributed by atoms with E-state index in [9.17, 15) is 4.79 Å². The minimum Gasteiger partial charge on any atom is -0.370 e. The van der Waals surface area contributed by atoms with Crippen molar-refractivity contribution in [3.05, 3.63) is 54.1 Å². The number of anilines is 1. The second-order valence-corrected chi connectivity index (χ2v) is 5.55. The lowest BCUT2D eigenvalue weighted by molar-refractivity contribution is 0.102. The van der Waals surface area contributed by atoms with Crippen LogP contribution in [0.4, 0.5) is 5.69 Å². The molecule has 1 unspecified atom stereocenters. The molecule has 23 heavy (non-hydrogen) atoms. The van der Waals surface area contributed by atoms with Crippen molar-refractivity contribution in [1.29, 1.82) is 0 Å². The molecule has 0 radical (unpaired) electrons. The van der Waals surface area contributed by atoms with Gasteiger partial charge in [0.15, 0.2) is 0 Å². The first-order valence-corrected chi connectivity index (χ1v) is 7.62. The highest BCUT2D eigenvalue weighted by Gasteiger charge is 2.21. The van der Waals surface area contributed by atoms with Gasteiger partial charge in [0.25, 0.3) is 5.91 Å². The van der Waals surface area contributed by atoms with Gasteiger partial charge in [0.05, 0.1) is 11.0 Å². The molecule has 2 aromatic heterocycles. The van der Waals surface area contributed by atoms with Gasteiger partial charge in [-0.15, -0.1) is 0 Å². The zero-order valence-electron chi connectivity index (χ0n) is 12.5. The van der Waals surface area contributed by atoms with Crippen molar-refractivity contribution in [2.24, 2.45) is 0 Å². The Balaban J connectivity index is 1.57. The Kier molecular flexibility index (Phi) is 3.51. The molecule has 3 aromatic rings. The van der Waals surface area contributed by atoms with Gasteiger partial charge in [-0.1, -0.05) is 0 Å². The van der Waals surface area contributed by atoms with Crippen LogP contribution in [0.5, 0.6) is 0 Å². The number of hydrogen-bond acceptors (Lipinski definition) is 4. The summed E-state index contributed by atoms with van der Waals surface area (Å²) in [5, 5.41) is 2.88. The molecule has 1 aromatic carbocycles. The minimum absolute atomic E-state index is 0.0530. The fraction of sp³-hybridized carbons (Fsp3) is 0.235. The van der Waals surface area contributed by atoms with E-state index in [-0.39, 0.29) is 12.0 Å². The number of nitrogens with one attached hydrogen (secondary N) is 2. The first kappa shape index (κ1) is 13.9. The summed E-state index contributed by atoms with van der Waals surface area (Å²) < 4.78 is 5.65. The molecule has 6 heteroatoms. The molecule has 2 N–H and O–H groups in total. The fourth-order valence-corrected chi connectivity index (χ4v) is 2.76. The van der Waals surface area contributed by atoms with Gasteiger partial charge in [0.2, 0.25) is 0 Å². The van der Waals surface area contributed by atoms with Gasteiger partial charge in [-0.25, -0.2) is 4.98 Å². The van der Waals surface area contributed by atoms with Crippen LogP contribution in [0.15, 0.2) is 42.7 Å². The zero-order chi connectivity index (χ0) is 15.6. The highest BCUT2D eigenvalue weighted by molar-refractivity contribution is 6.04. The molecule has 1 atom stereocenters. The number of carbonyl (C=O) groups excluding carboxylic acids is 1. The van der Waals surface area contributed by atoms with Crippen molar-refractivity contribution in [3.8, 4) is 0 Å². The summed E-state index contributed by atoms with van der Waals surface area (Å²) in [7, 11) is 0. The number of fused-ring (bicyclic) bond motifs is 1. The minimum atomic E-state index is -0.161. The Labute approximate surface area is 132 Å². The predicted octanol–water partition coefficient (Wildman–Crippen LogP) is 3.06. The molecule has 0 spiro atoms. The second kappa shape index (κ2) is 5.81. The van der Waals surface area contributed by atoms with Crippen molar-refractivity contribution >= 4 is 22.6 Å². The molecule has 0 saturated carbocycles. The number of aromatic amines is 1. The van der Waals surface area contributed by atoms with E-state index < -0.39 is 0 Å². The lowest BCUT2D eigenvalue weighted by atomic mass is 10.2. The van der Waals surface area contributed by atoms with Gasteiger partial charge in [-0.2, -0.15) is 0 Å². The van der Waals surface area contributed by atoms with E-state index >= 15 is 0 Å². The molecule has 0 aliphatic carbocycles. The second-order valence-electron chi connectivity index (χ2n) is 5.55. The molecule has 1 amide bonds. The highest BCUT2D eigenvalue weighted by Crippen LogP contribution is 2.28. The normalized spacial score (nSPS) is 17.5. The first-order valence-electron chi connectivity index (χ1n) is 7.62. The third-order valence-corrected chi connectivity index (χ3v) is 3.94. The lowest BCUT2D eigenvalue weighted by Gasteiger charge is -2.04. The van der Waals surface area contributed by atoms with Crippen LogP contribution in [0.25, 0.3) is 11.0 Å². The molecule has 1 aliphatic heterocycles. The summed E-state index contributed by atoms with van der Waals surface area (Å²) in [6.45, 7) is 0.787. The number of rotatable bonds is 3. The molecule has 6 nitrogen and oxygen atoms in total. The standard InChI is InChI=1S/C17H16N4O2/c22-17(11-5-7-18-8-6-11)19-12-3-4-13-14(10-12)21-16(20-13)15-2-1-9-23-15/h3-8,10,15H,1-2,9H2,(H,19,22)(H,20,21). The van der Waals surface area contributed by atoms with Gasteiger partial charge in [0, 0.05) is 30.3 Å². The van der Waals surface area contributed by atoms with Crippen molar-refractivity contribution in [2.75, 3.05) is 11.9 Å². The highest BCUT2D eigenvalue weighted by atomic mass is 16.5. The smallest absolute Gasteiger partial charge is 0.255 e. The molecular weight excluding hydrogens is 292 g/mol. The van der Waals surface area contributed by atoms with E-state index in [1.807, 2.05) is 18.2 Å². The van der Waals surface area contributed by atoms with Gasteiger partial charge >= 0.3 is 0 Å². The van der Waals surface area contributed by atoms with Gasteiger partial charge < -0.3 is 15.0 Å². The average molecular weight is 308 g/mol. The number of amides is 1. The Morgan fingerprint density at radius 1 is 1.26 bits per heavy atom. The maximum absolute atomic E-state index is 12.2. The number of H-pyrrole nitrogens is 1. The summed E-state index contributed by atoms with van der Waals surface area (Å²) in [6.07, 6.45) is 5.31. The number of imidazole rings is 1. The van der Waals surface area contributed by atoms with Crippen LogP contribution < -0.4 is 5.32 Å². The summed E-state index contributed by atoms with van der Waals surface area (Å²) in [5.41, 5.74) is 3.06. The predicted molar refractivity (Wildman–Crippen MR) is 86.2 cm³/mol. The number of hydrogen-bond donors (Lipinski definition) is 2. The number of benzene rings is 1. The Morgan fingerprint density at radius 2 is 2.13 bits per heavy atom. The number of carbonyl (C=O) groups is 1. The first-order chi connectivity index (χ1) is 11.3. The van der Waals surface area contributed by atoms with Gasteiger partial charge in [0.1, 0.15) is 11.9 Å². The Bertz CT molecular complexity index is 838. The van der Waals surface area contributed by atoms with E-state index in [4.69, 9.17) is 4.74 Å². The summed E-state index contributed by atoms with van der Waals surface area (Å²) in [4.78, 5) is 24.0. The average Bonchev–Trinajstić information content (AvgIpc) is 3.24. The molecule has 1 saturated heterocycles.